The summed E-state index contributed by atoms with van der Waals surface area (Å²) in [7, 11) is 2.02. The first-order valence-electron chi connectivity index (χ1n) is 5.03. The van der Waals surface area contributed by atoms with Gasteiger partial charge in [-0.25, -0.2) is 0 Å². The first-order chi connectivity index (χ1) is 5.70. The predicted molar refractivity (Wildman–Crippen MR) is 54.3 cm³/mol. The van der Waals surface area contributed by atoms with Crippen molar-refractivity contribution in [2.45, 2.75) is 39.5 Å². The highest BCUT2D eigenvalue weighted by Crippen LogP contribution is 2.37. The minimum absolute atomic E-state index is 0.594. The van der Waals surface area contributed by atoms with E-state index >= 15 is 0 Å². The molecular formula is C11H21N. The summed E-state index contributed by atoms with van der Waals surface area (Å²) in [5.41, 5.74) is 2.19. The van der Waals surface area contributed by atoms with Crippen LogP contribution in [0.15, 0.2) is 11.6 Å². The molecule has 0 heterocycles. The van der Waals surface area contributed by atoms with E-state index < -0.39 is 0 Å². The fraction of sp³-hybridized carbons (Fsp3) is 0.818. The SMILES string of the molecule is CCC1(C)CC=C(CNC)CC1. The van der Waals surface area contributed by atoms with Crippen molar-refractivity contribution in [2.24, 2.45) is 5.41 Å². The fourth-order valence-corrected chi connectivity index (χ4v) is 1.77. The second-order valence-corrected chi connectivity index (χ2v) is 4.26. The number of likely N-dealkylation sites (N-methyl/N-ethyl adjacent to an activating group) is 1. The third-order valence-corrected chi connectivity index (χ3v) is 3.19. The maximum atomic E-state index is 3.21. The van der Waals surface area contributed by atoms with Gasteiger partial charge in [0.1, 0.15) is 0 Å². The lowest BCUT2D eigenvalue weighted by atomic mass is 9.75. The van der Waals surface area contributed by atoms with E-state index in [0.717, 1.165) is 6.54 Å². The Kier molecular flexibility index (Phi) is 3.33. The van der Waals surface area contributed by atoms with Gasteiger partial charge in [0.2, 0.25) is 0 Å². The Hall–Kier alpha value is -0.300. The van der Waals surface area contributed by atoms with Crippen molar-refractivity contribution in [3.8, 4) is 0 Å². The van der Waals surface area contributed by atoms with E-state index in [-0.39, 0.29) is 0 Å². The van der Waals surface area contributed by atoms with Crippen LogP contribution in [0.5, 0.6) is 0 Å². The monoisotopic (exact) mass is 167 g/mol. The third-order valence-electron chi connectivity index (χ3n) is 3.19. The maximum Gasteiger partial charge on any atom is 0.0161 e. The van der Waals surface area contributed by atoms with E-state index in [1.165, 1.54) is 25.7 Å². The number of allylic oxidation sites excluding steroid dienone is 1. The summed E-state index contributed by atoms with van der Waals surface area (Å²) in [5, 5.41) is 3.21. The van der Waals surface area contributed by atoms with Gasteiger partial charge < -0.3 is 5.32 Å². The average molecular weight is 167 g/mol. The summed E-state index contributed by atoms with van der Waals surface area (Å²) in [6.45, 7) is 5.79. The number of hydrogen-bond donors (Lipinski definition) is 1. The minimum atomic E-state index is 0.594. The average Bonchev–Trinajstić information content (AvgIpc) is 2.10. The molecule has 1 rings (SSSR count). The van der Waals surface area contributed by atoms with Crippen LogP contribution in [0.2, 0.25) is 0 Å². The normalized spacial score (nSPS) is 30.1. The molecule has 0 aromatic heterocycles. The van der Waals surface area contributed by atoms with Gasteiger partial charge >= 0.3 is 0 Å². The fourth-order valence-electron chi connectivity index (χ4n) is 1.77. The molecule has 1 heteroatoms. The summed E-state index contributed by atoms with van der Waals surface area (Å²) in [5.74, 6) is 0. The second kappa shape index (κ2) is 4.08. The minimum Gasteiger partial charge on any atom is -0.316 e. The standard InChI is InChI=1S/C11H21N/c1-4-11(2)7-5-10(6-8-11)9-12-3/h5,12H,4,6-9H2,1-3H3. The molecule has 0 saturated carbocycles. The van der Waals surface area contributed by atoms with Gasteiger partial charge in [-0.05, 0) is 31.7 Å². The Morgan fingerprint density at radius 1 is 1.58 bits per heavy atom. The highest BCUT2D eigenvalue weighted by atomic mass is 14.8. The van der Waals surface area contributed by atoms with Gasteiger partial charge in [-0.2, -0.15) is 0 Å². The van der Waals surface area contributed by atoms with Gasteiger partial charge in [-0.1, -0.05) is 31.9 Å². The molecule has 1 atom stereocenters. The smallest absolute Gasteiger partial charge is 0.0161 e. The molecule has 1 N–H and O–H groups in total. The molecule has 0 aliphatic heterocycles. The first kappa shape index (κ1) is 9.79. The lowest BCUT2D eigenvalue weighted by molar-refractivity contribution is 0.274. The Morgan fingerprint density at radius 3 is 2.75 bits per heavy atom. The zero-order chi connectivity index (χ0) is 9.03. The van der Waals surface area contributed by atoms with Gasteiger partial charge in [0.25, 0.3) is 0 Å². The largest absolute Gasteiger partial charge is 0.316 e. The zero-order valence-electron chi connectivity index (χ0n) is 8.61. The summed E-state index contributed by atoms with van der Waals surface area (Å²) in [6.07, 6.45) is 7.70. The van der Waals surface area contributed by atoms with Gasteiger partial charge in [-0.3, -0.25) is 0 Å². The van der Waals surface area contributed by atoms with Crippen molar-refractivity contribution in [3.63, 3.8) is 0 Å². The van der Waals surface area contributed by atoms with Crippen LogP contribution in [-0.4, -0.2) is 13.6 Å². The van der Waals surface area contributed by atoms with Crippen LogP contribution in [0.3, 0.4) is 0 Å². The van der Waals surface area contributed by atoms with E-state index in [1.807, 2.05) is 7.05 Å². The van der Waals surface area contributed by atoms with Crippen molar-refractivity contribution in [1.82, 2.24) is 5.32 Å². The highest BCUT2D eigenvalue weighted by molar-refractivity contribution is 5.10. The van der Waals surface area contributed by atoms with Gasteiger partial charge in [0.05, 0.1) is 0 Å². The van der Waals surface area contributed by atoms with Crippen molar-refractivity contribution in [2.75, 3.05) is 13.6 Å². The van der Waals surface area contributed by atoms with E-state index in [4.69, 9.17) is 0 Å². The van der Waals surface area contributed by atoms with Crippen LogP contribution < -0.4 is 5.32 Å². The van der Waals surface area contributed by atoms with Crippen molar-refractivity contribution < 1.29 is 0 Å². The van der Waals surface area contributed by atoms with Crippen LogP contribution in [-0.2, 0) is 0 Å². The Bertz CT molecular complexity index is 172. The molecule has 0 fully saturated rings. The first-order valence-corrected chi connectivity index (χ1v) is 5.03. The molecule has 0 radical (unpaired) electrons. The number of rotatable bonds is 3. The summed E-state index contributed by atoms with van der Waals surface area (Å²) in [4.78, 5) is 0. The molecule has 0 spiro atoms. The number of nitrogens with one attached hydrogen (secondary N) is 1. The van der Waals surface area contributed by atoms with Gasteiger partial charge in [-0.15, -0.1) is 0 Å². The molecule has 0 amide bonds. The molecule has 12 heavy (non-hydrogen) atoms. The predicted octanol–water partition coefficient (Wildman–Crippen LogP) is 2.73. The topological polar surface area (TPSA) is 12.0 Å². The van der Waals surface area contributed by atoms with Gasteiger partial charge in [0, 0.05) is 6.54 Å². The van der Waals surface area contributed by atoms with Crippen molar-refractivity contribution >= 4 is 0 Å². The molecule has 70 valence electrons. The maximum absolute atomic E-state index is 3.21. The van der Waals surface area contributed by atoms with E-state index in [1.54, 1.807) is 5.57 Å². The van der Waals surface area contributed by atoms with Crippen LogP contribution in [0, 0.1) is 5.41 Å². The second-order valence-electron chi connectivity index (χ2n) is 4.26. The summed E-state index contributed by atoms with van der Waals surface area (Å²) >= 11 is 0. The lowest BCUT2D eigenvalue weighted by Crippen LogP contribution is -2.21. The van der Waals surface area contributed by atoms with Crippen molar-refractivity contribution in [1.29, 1.82) is 0 Å². The summed E-state index contributed by atoms with van der Waals surface area (Å²) < 4.78 is 0. The molecule has 0 aromatic carbocycles. The van der Waals surface area contributed by atoms with Crippen LogP contribution in [0.4, 0.5) is 0 Å². The van der Waals surface area contributed by atoms with Crippen LogP contribution in [0.1, 0.15) is 39.5 Å². The number of hydrogen-bond acceptors (Lipinski definition) is 1. The van der Waals surface area contributed by atoms with E-state index in [9.17, 15) is 0 Å². The van der Waals surface area contributed by atoms with E-state index in [0.29, 0.717) is 5.41 Å². The lowest BCUT2D eigenvalue weighted by Gasteiger charge is -2.31. The molecule has 1 aliphatic carbocycles. The Morgan fingerprint density at radius 2 is 2.33 bits per heavy atom. The van der Waals surface area contributed by atoms with Gasteiger partial charge in [0.15, 0.2) is 0 Å². The third kappa shape index (κ3) is 2.34. The highest BCUT2D eigenvalue weighted by Gasteiger charge is 2.24. The van der Waals surface area contributed by atoms with Crippen LogP contribution >= 0.6 is 0 Å². The van der Waals surface area contributed by atoms with Crippen molar-refractivity contribution in [3.05, 3.63) is 11.6 Å². The zero-order valence-corrected chi connectivity index (χ0v) is 8.61. The Labute approximate surface area is 76.2 Å². The molecule has 0 bridgehead atoms. The Balaban J connectivity index is 2.46. The molecular weight excluding hydrogens is 146 g/mol. The molecule has 0 aromatic rings. The van der Waals surface area contributed by atoms with E-state index in [2.05, 4.69) is 25.2 Å². The summed E-state index contributed by atoms with van der Waals surface area (Å²) in [6, 6.07) is 0. The molecule has 1 aliphatic rings. The van der Waals surface area contributed by atoms with Crippen LogP contribution in [0.25, 0.3) is 0 Å². The molecule has 0 saturated heterocycles. The quantitative estimate of drug-likeness (QED) is 0.637. The molecule has 1 unspecified atom stereocenters. The molecule has 1 nitrogen and oxygen atoms in total.